The quantitative estimate of drug-likeness (QED) is 0.883. The lowest BCUT2D eigenvalue weighted by molar-refractivity contribution is 0.0600. The maximum Gasteiger partial charge on any atom is 0.337 e. The molecule has 1 N–H and O–H groups in total. The zero-order chi connectivity index (χ0) is 16.1. The van der Waals surface area contributed by atoms with E-state index in [-0.39, 0.29) is 5.91 Å². The van der Waals surface area contributed by atoms with E-state index < -0.39 is 5.97 Å². The van der Waals surface area contributed by atoms with Gasteiger partial charge >= 0.3 is 5.97 Å². The van der Waals surface area contributed by atoms with Gasteiger partial charge in [-0.1, -0.05) is 12.1 Å². The highest BCUT2D eigenvalue weighted by atomic mass is 16.5. The average Bonchev–Trinajstić information content (AvgIpc) is 2.56. The van der Waals surface area contributed by atoms with E-state index in [1.165, 1.54) is 13.2 Å². The first-order valence-corrected chi connectivity index (χ1v) is 6.55. The van der Waals surface area contributed by atoms with Crippen molar-refractivity contribution in [1.29, 1.82) is 5.26 Å². The van der Waals surface area contributed by atoms with Gasteiger partial charge in [0.2, 0.25) is 0 Å². The van der Waals surface area contributed by atoms with E-state index >= 15 is 0 Å². The molecule has 5 heteroatoms. The van der Waals surface area contributed by atoms with Gasteiger partial charge in [0, 0.05) is 11.3 Å². The molecule has 0 spiro atoms. The molecule has 0 aliphatic carbocycles. The van der Waals surface area contributed by atoms with Crippen molar-refractivity contribution in [3.05, 3.63) is 64.7 Å². The van der Waals surface area contributed by atoms with Gasteiger partial charge < -0.3 is 10.1 Å². The van der Waals surface area contributed by atoms with Gasteiger partial charge in [-0.2, -0.15) is 5.26 Å². The normalized spacial score (nSPS) is 9.68. The van der Waals surface area contributed by atoms with Crippen LogP contribution in [0.25, 0.3) is 0 Å². The van der Waals surface area contributed by atoms with Crippen LogP contribution in [0.1, 0.15) is 31.8 Å². The fourth-order valence-electron chi connectivity index (χ4n) is 1.93. The number of rotatable bonds is 3. The Kier molecular flexibility index (Phi) is 4.54. The first kappa shape index (κ1) is 15.3. The summed E-state index contributed by atoms with van der Waals surface area (Å²) in [6, 6.07) is 13.3. The third-order valence-electron chi connectivity index (χ3n) is 3.16. The number of anilines is 1. The second-order valence-electron chi connectivity index (χ2n) is 4.67. The molecule has 0 aromatic heterocycles. The van der Waals surface area contributed by atoms with Crippen LogP contribution in [0, 0.1) is 18.3 Å². The Labute approximate surface area is 128 Å². The summed E-state index contributed by atoms with van der Waals surface area (Å²) < 4.78 is 4.66. The van der Waals surface area contributed by atoms with E-state index in [1.54, 1.807) is 36.4 Å². The van der Waals surface area contributed by atoms with E-state index in [2.05, 4.69) is 10.1 Å². The minimum Gasteiger partial charge on any atom is -0.465 e. The number of nitriles is 1. The van der Waals surface area contributed by atoms with Gasteiger partial charge in [-0.05, 0) is 42.8 Å². The van der Waals surface area contributed by atoms with Crippen LogP contribution in [0.4, 0.5) is 5.69 Å². The fraction of sp³-hybridized carbons (Fsp3) is 0.118. The summed E-state index contributed by atoms with van der Waals surface area (Å²) in [5.41, 5.74) is 2.48. The Hall–Kier alpha value is -3.13. The first-order valence-electron chi connectivity index (χ1n) is 6.55. The van der Waals surface area contributed by atoms with Crippen molar-refractivity contribution in [2.75, 3.05) is 12.4 Å². The van der Waals surface area contributed by atoms with Gasteiger partial charge in [0.05, 0.1) is 24.3 Å². The lowest BCUT2D eigenvalue weighted by atomic mass is 10.1. The summed E-state index contributed by atoms with van der Waals surface area (Å²) >= 11 is 0. The van der Waals surface area contributed by atoms with Crippen LogP contribution in [-0.4, -0.2) is 19.0 Å². The number of nitrogens with one attached hydrogen (secondary N) is 1. The molecule has 1 amide bonds. The average molecular weight is 294 g/mol. The van der Waals surface area contributed by atoms with Crippen LogP contribution in [0.2, 0.25) is 0 Å². The molecule has 0 radical (unpaired) electrons. The third-order valence-corrected chi connectivity index (χ3v) is 3.16. The number of carbonyl (C=O) groups is 2. The molecular formula is C17H14N2O3. The van der Waals surface area contributed by atoms with Gasteiger partial charge in [0.25, 0.3) is 5.91 Å². The van der Waals surface area contributed by atoms with Crippen molar-refractivity contribution in [2.45, 2.75) is 6.92 Å². The van der Waals surface area contributed by atoms with Crippen molar-refractivity contribution in [3.63, 3.8) is 0 Å². The Balaban J connectivity index is 2.28. The molecular weight excluding hydrogens is 280 g/mol. The maximum absolute atomic E-state index is 12.2. The minimum atomic E-state index is -0.470. The number of aryl methyl sites for hydroxylation is 1. The van der Waals surface area contributed by atoms with Crippen LogP contribution < -0.4 is 5.32 Å². The lowest BCUT2D eigenvalue weighted by Crippen LogP contribution is -2.13. The molecule has 0 saturated heterocycles. The highest BCUT2D eigenvalue weighted by Gasteiger charge is 2.12. The Morgan fingerprint density at radius 2 is 1.91 bits per heavy atom. The predicted molar refractivity (Wildman–Crippen MR) is 81.6 cm³/mol. The molecule has 22 heavy (non-hydrogen) atoms. The summed E-state index contributed by atoms with van der Waals surface area (Å²) in [7, 11) is 1.30. The molecule has 0 heterocycles. The SMILES string of the molecule is COC(=O)c1ccc(C)c(NC(=O)c2cccc(C#N)c2)c1. The molecule has 0 bridgehead atoms. The van der Waals surface area contributed by atoms with Crippen LogP contribution in [0.15, 0.2) is 42.5 Å². The number of benzene rings is 2. The second kappa shape index (κ2) is 6.55. The number of esters is 1. The molecule has 0 fully saturated rings. The van der Waals surface area contributed by atoms with Gasteiger partial charge in [0.1, 0.15) is 0 Å². The Morgan fingerprint density at radius 3 is 2.59 bits per heavy atom. The van der Waals surface area contributed by atoms with E-state index in [0.29, 0.717) is 22.4 Å². The monoisotopic (exact) mass is 294 g/mol. The third kappa shape index (κ3) is 3.30. The zero-order valence-corrected chi connectivity index (χ0v) is 12.2. The Bertz CT molecular complexity index is 776. The number of hydrogen-bond donors (Lipinski definition) is 1. The van der Waals surface area contributed by atoms with Crippen LogP contribution >= 0.6 is 0 Å². The van der Waals surface area contributed by atoms with Crippen molar-refractivity contribution in [1.82, 2.24) is 0 Å². The number of ether oxygens (including phenoxy) is 1. The summed E-state index contributed by atoms with van der Waals surface area (Å²) in [5, 5.41) is 11.6. The van der Waals surface area contributed by atoms with E-state index in [4.69, 9.17) is 5.26 Å². The molecule has 2 aromatic carbocycles. The van der Waals surface area contributed by atoms with Crippen molar-refractivity contribution < 1.29 is 14.3 Å². The van der Waals surface area contributed by atoms with Gasteiger partial charge in [0.15, 0.2) is 0 Å². The predicted octanol–water partition coefficient (Wildman–Crippen LogP) is 2.91. The molecule has 2 aromatic rings. The van der Waals surface area contributed by atoms with Crippen molar-refractivity contribution in [2.24, 2.45) is 0 Å². The van der Waals surface area contributed by atoms with Gasteiger partial charge in [-0.15, -0.1) is 0 Å². The highest BCUT2D eigenvalue weighted by Crippen LogP contribution is 2.19. The molecule has 0 aliphatic heterocycles. The summed E-state index contributed by atoms with van der Waals surface area (Å²) in [4.78, 5) is 23.8. The molecule has 110 valence electrons. The number of hydrogen-bond acceptors (Lipinski definition) is 4. The number of amides is 1. The minimum absolute atomic E-state index is 0.345. The maximum atomic E-state index is 12.2. The smallest absolute Gasteiger partial charge is 0.337 e. The van der Waals surface area contributed by atoms with Crippen molar-refractivity contribution >= 4 is 17.6 Å². The van der Waals surface area contributed by atoms with Crippen molar-refractivity contribution in [3.8, 4) is 6.07 Å². The van der Waals surface area contributed by atoms with E-state index in [9.17, 15) is 9.59 Å². The van der Waals surface area contributed by atoms with E-state index in [1.807, 2.05) is 13.0 Å². The largest absolute Gasteiger partial charge is 0.465 e. The summed E-state index contributed by atoms with van der Waals surface area (Å²) in [5.74, 6) is -0.816. The number of nitrogens with zero attached hydrogens (tertiary/aromatic N) is 1. The molecule has 0 unspecified atom stereocenters. The standard InChI is InChI=1S/C17H14N2O3/c1-11-6-7-14(17(21)22-2)9-15(11)19-16(20)13-5-3-4-12(8-13)10-18/h3-9H,1-2H3,(H,19,20). The van der Waals surface area contributed by atoms with Gasteiger partial charge in [-0.25, -0.2) is 4.79 Å². The fourth-order valence-corrected chi connectivity index (χ4v) is 1.93. The van der Waals surface area contributed by atoms with Crippen LogP contribution in [0.5, 0.6) is 0 Å². The number of carbonyl (C=O) groups excluding carboxylic acids is 2. The molecule has 5 nitrogen and oxygen atoms in total. The molecule has 2 rings (SSSR count). The van der Waals surface area contributed by atoms with Gasteiger partial charge in [-0.3, -0.25) is 4.79 Å². The van der Waals surface area contributed by atoms with Crippen LogP contribution in [0.3, 0.4) is 0 Å². The van der Waals surface area contributed by atoms with E-state index in [0.717, 1.165) is 5.56 Å². The number of methoxy groups -OCH3 is 1. The molecule has 0 saturated carbocycles. The zero-order valence-electron chi connectivity index (χ0n) is 12.2. The van der Waals surface area contributed by atoms with Crippen LogP contribution in [-0.2, 0) is 4.74 Å². The highest BCUT2D eigenvalue weighted by molar-refractivity contribution is 6.05. The summed E-state index contributed by atoms with van der Waals surface area (Å²) in [6.07, 6.45) is 0. The molecule has 0 aliphatic rings. The summed E-state index contributed by atoms with van der Waals surface area (Å²) in [6.45, 7) is 1.82. The molecule has 0 atom stereocenters. The second-order valence-corrected chi connectivity index (χ2v) is 4.67. The first-order chi connectivity index (χ1) is 10.5. The Morgan fingerprint density at radius 1 is 1.14 bits per heavy atom. The lowest BCUT2D eigenvalue weighted by Gasteiger charge is -2.10. The topological polar surface area (TPSA) is 79.2 Å².